The van der Waals surface area contributed by atoms with E-state index in [-0.39, 0.29) is 35.0 Å². The number of hydrogen-bond acceptors (Lipinski definition) is 4. The van der Waals surface area contributed by atoms with Crippen molar-refractivity contribution in [1.29, 1.82) is 0 Å². The maximum atomic E-state index is 13.9. The first-order chi connectivity index (χ1) is 16.6. The summed E-state index contributed by atoms with van der Waals surface area (Å²) in [6.07, 6.45) is 0. The average molecular weight is 503 g/mol. The number of thioether (sulfide) groups is 1. The SMILES string of the molecule is NC(=O)c1cc(C(=O)NCc2c(F)cc(F)cc2F)cc2c1SCC(=O)N2Cc1ccc(F)cc1. The molecule has 0 fully saturated rings. The number of nitrogens with one attached hydrogen (secondary N) is 1. The minimum absolute atomic E-state index is 0.00611. The Balaban J connectivity index is 1.67. The van der Waals surface area contributed by atoms with Crippen LogP contribution in [0.2, 0.25) is 0 Å². The average Bonchev–Trinajstić information content (AvgIpc) is 2.80. The van der Waals surface area contributed by atoms with Crippen molar-refractivity contribution in [2.45, 2.75) is 18.0 Å². The van der Waals surface area contributed by atoms with Gasteiger partial charge >= 0.3 is 0 Å². The van der Waals surface area contributed by atoms with Crippen molar-refractivity contribution in [1.82, 2.24) is 5.32 Å². The molecule has 6 nitrogen and oxygen atoms in total. The first-order valence-electron chi connectivity index (χ1n) is 10.2. The number of carbonyl (C=O) groups excluding carboxylic acids is 3. The number of fused-ring (bicyclic) bond motifs is 1. The van der Waals surface area contributed by atoms with E-state index in [1.807, 2.05) is 0 Å². The van der Waals surface area contributed by atoms with E-state index in [1.54, 1.807) is 0 Å². The monoisotopic (exact) mass is 503 g/mol. The van der Waals surface area contributed by atoms with Crippen molar-refractivity contribution in [3.8, 4) is 0 Å². The van der Waals surface area contributed by atoms with E-state index in [0.717, 1.165) is 11.8 Å². The topological polar surface area (TPSA) is 92.5 Å². The Morgan fingerprint density at radius 3 is 2.26 bits per heavy atom. The van der Waals surface area contributed by atoms with Gasteiger partial charge in [-0.25, -0.2) is 17.6 Å². The molecule has 0 saturated heterocycles. The second-order valence-electron chi connectivity index (χ2n) is 7.66. The van der Waals surface area contributed by atoms with Gasteiger partial charge in [0, 0.05) is 34.7 Å². The van der Waals surface area contributed by atoms with Gasteiger partial charge in [0.1, 0.15) is 23.3 Å². The molecule has 4 rings (SSSR count). The number of benzene rings is 3. The second-order valence-corrected chi connectivity index (χ2v) is 8.65. The van der Waals surface area contributed by atoms with Gasteiger partial charge < -0.3 is 16.0 Å². The summed E-state index contributed by atoms with van der Waals surface area (Å²) in [7, 11) is 0. The van der Waals surface area contributed by atoms with Gasteiger partial charge in [-0.3, -0.25) is 14.4 Å². The van der Waals surface area contributed by atoms with Crippen LogP contribution in [0.4, 0.5) is 23.2 Å². The van der Waals surface area contributed by atoms with Crippen LogP contribution < -0.4 is 16.0 Å². The first kappa shape index (κ1) is 24.3. The van der Waals surface area contributed by atoms with Gasteiger partial charge in [-0.2, -0.15) is 0 Å². The largest absolute Gasteiger partial charge is 0.366 e. The number of amides is 3. The van der Waals surface area contributed by atoms with Gasteiger partial charge in [-0.1, -0.05) is 12.1 Å². The van der Waals surface area contributed by atoms with Crippen LogP contribution in [0.25, 0.3) is 0 Å². The standard InChI is InChI=1S/C24H17F4N3O3S/c25-14-3-1-12(2-4-14)10-31-20-6-13(5-16(23(29)33)22(20)35-11-21(31)32)24(34)30-9-17-18(27)7-15(26)8-19(17)28/h1-8H,9-11H2,(H2,29,33)(H,30,34). The summed E-state index contributed by atoms with van der Waals surface area (Å²) in [5, 5.41) is 2.33. The molecule has 0 bridgehead atoms. The minimum Gasteiger partial charge on any atom is -0.366 e. The molecule has 11 heteroatoms. The molecule has 0 aromatic heterocycles. The highest BCUT2D eigenvalue weighted by Crippen LogP contribution is 2.39. The molecule has 180 valence electrons. The Bertz CT molecular complexity index is 1330. The molecular weight excluding hydrogens is 486 g/mol. The summed E-state index contributed by atoms with van der Waals surface area (Å²) in [5.41, 5.74) is 5.73. The Morgan fingerprint density at radius 1 is 0.971 bits per heavy atom. The number of carbonyl (C=O) groups is 3. The third-order valence-corrected chi connectivity index (χ3v) is 6.42. The highest BCUT2D eigenvalue weighted by Gasteiger charge is 2.30. The quantitative estimate of drug-likeness (QED) is 0.499. The van der Waals surface area contributed by atoms with Crippen LogP contribution in [-0.4, -0.2) is 23.5 Å². The van der Waals surface area contributed by atoms with Crippen molar-refractivity contribution >= 4 is 35.2 Å². The molecule has 0 radical (unpaired) electrons. The molecule has 3 aromatic carbocycles. The first-order valence-corrected chi connectivity index (χ1v) is 11.2. The third-order valence-electron chi connectivity index (χ3n) is 5.31. The molecule has 1 aliphatic rings. The van der Waals surface area contributed by atoms with Gasteiger partial charge in [0.2, 0.25) is 11.8 Å². The molecule has 1 heterocycles. The lowest BCUT2D eigenvalue weighted by atomic mass is 10.1. The summed E-state index contributed by atoms with van der Waals surface area (Å²) in [5.74, 6) is -5.81. The molecular formula is C24H17F4N3O3S. The highest BCUT2D eigenvalue weighted by molar-refractivity contribution is 8.00. The fourth-order valence-corrected chi connectivity index (χ4v) is 4.64. The van der Waals surface area contributed by atoms with E-state index in [9.17, 15) is 31.9 Å². The zero-order chi connectivity index (χ0) is 25.3. The Hall–Kier alpha value is -3.86. The van der Waals surface area contributed by atoms with E-state index in [1.165, 1.54) is 41.3 Å². The van der Waals surface area contributed by atoms with Gasteiger partial charge in [0.05, 0.1) is 23.5 Å². The molecule has 3 N–H and O–H groups in total. The zero-order valence-electron chi connectivity index (χ0n) is 17.9. The van der Waals surface area contributed by atoms with Crippen LogP contribution in [0, 0.1) is 23.3 Å². The molecule has 3 aromatic rings. The number of nitrogens with zero attached hydrogens (tertiary/aromatic N) is 1. The zero-order valence-corrected chi connectivity index (χ0v) is 18.7. The lowest BCUT2D eigenvalue weighted by Crippen LogP contribution is -2.36. The maximum Gasteiger partial charge on any atom is 0.251 e. The molecule has 0 unspecified atom stereocenters. The van der Waals surface area contributed by atoms with Crippen molar-refractivity contribution in [2.24, 2.45) is 5.73 Å². The van der Waals surface area contributed by atoms with Crippen molar-refractivity contribution in [2.75, 3.05) is 10.7 Å². The van der Waals surface area contributed by atoms with Crippen molar-refractivity contribution in [3.05, 3.63) is 94.1 Å². The molecule has 3 amide bonds. The minimum atomic E-state index is -1.17. The van der Waals surface area contributed by atoms with Crippen LogP contribution >= 0.6 is 11.8 Å². The van der Waals surface area contributed by atoms with Gasteiger partial charge in [0.25, 0.3) is 5.91 Å². The molecule has 0 aliphatic carbocycles. The maximum absolute atomic E-state index is 13.9. The summed E-state index contributed by atoms with van der Waals surface area (Å²) in [4.78, 5) is 39.4. The summed E-state index contributed by atoms with van der Waals surface area (Å²) >= 11 is 1.09. The van der Waals surface area contributed by atoms with E-state index >= 15 is 0 Å². The van der Waals surface area contributed by atoms with Crippen LogP contribution in [0.1, 0.15) is 31.8 Å². The smallest absolute Gasteiger partial charge is 0.251 e. The van der Waals surface area contributed by atoms with Crippen molar-refractivity contribution in [3.63, 3.8) is 0 Å². The Morgan fingerprint density at radius 2 is 1.63 bits per heavy atom. The van der Waals surface area contributed by atoms with E-state index in [2.05, 4.69) is 5.32 Å². The highest BCUT2D eigenvalue weighted by atomic mass is 32.2. The number of nitrogens with two attached hydrogens (primary N) is 1. The fraction of sp³-hybridized carbons (Fsp3) is 0.125. The number of anilines is 1. The van der Waals surface area contributed by atoms with Gasteiger partial charge in [-0.15, -0.1) is 11.8 Å². The molecule has 0 saturated carbocycles. The Labute approximate surface area is 201 Å². The summed E-state index contributed by atoms with van der Waals surface area (Å²) in [6, 6.07) is 9.06. The van der Waals surface area contributed by atoms with Crippen LogP contribution in [0.15, 0.2) is 53.4 Å². The predicted molar refractivity (Wildman–Crippen MR) is 121 cm³/mol. The number of hydrogen-bond donors (Lipinski definition) is 2. The molecule has 35 heavy (non-hydrogen) atoms. The molecule has 0 spiro atoms. The third kappa shape index (κ3) is 5.14. The lowest BCUT2D eigenvalue weighted by molar-refractivity contribution is -0.116. The lowest BCUT2D eigenvalue weighted by Gasteiger charge is -2.30. The normalized spacial score (nSPS) is 12.9. The number of rotatable bonds is 6. The number of primary amides is 1. The van der Waals surface area contributed by atoms with E-state index in [0.29, 0.717) is 22.6 Å². The fourth-order valence-electron chi connectivity index (χ4n) is 3.58. The van der Waals surface area contributed by atoms with Gasteiger partial charge in [-0.05, 0) is 29.8 Å². The van der Waals surface area contributed by atoms with E-state index < -0.39 is 47.2 Å². The van der Waals surface area contributed by atoms with E-state index in [4.69, 9.17) is 5.73 Å². The van der Waals surface area contributed by atoms with Crippen LogP contribution in [-0.2, 0) is 17.9 Å². The Kier molecular flexibility index (Phi) is 6.79. The molecule has 0 atom stereocenters. The summed E-state index contributed by atoms with van der Waals surface area (Å²) in [6.45, 7) is -0.547. The van der Waals surface area contributed by atoms with Gasteiger partial charge in [0.15, 0.2) is 0 Å². The number of halogens is 4. The second kappa shape index (κ2) is 9.79. The van der Waals surface area contributed by atoms with Crippen molar-refractivity contribution < 1.29 is 31.9 Å². The molecule has 1 aliphatic heterocycles. The van der Waals surface area contributed by atoms with Crippen LogP contribution in [0.5, 0.6) is 0 Å². The van der Waals surface area contributed by atoms with Crippen LogP contribution in [0.3, 0.4) is 0 Å². The predicted octanol–water partition coefficient (Wildman–Crippen LogP) is 3.91. The summed E-state index contributed by atoms with van der Waals surface area (Å²) < 4.78 is 54.3.